The summed E-state index contributed by atoms with van der Waals surface area (Å²) in [6.45, 7) is 10.1. The van der Waals surface area contributed by atoms with Gasteiger partial charge >= 0.3 is 0 Å². The van der Waals surface area contributed by atoms with Gasteiger partial charge in [-0.25, -0.2) is 4.98 Å². The molecule has 41 heavy (non-hydrogen) atoms. The van der Waals surface area contributed by atoms with E-state index >= 15 is 0 Å². The number of rotatable bonds is 9. The van der Waals surface area contributed by atoms with E-state index in [9.17, 15) is 14.9 Å². The van der Waals surface area contributed by atoms with Gasteiger partial charge in [-0.05, 0) is 75.6 Å². The molecule has 0 bridgehead atoms. The third kappa shape index (κ3) is 6.94. The molecule has 0 atom stereocenters. The SMILES string of the molecule is CCOc1ccc(-c2c(C#N)c(SCC(=O)Nc3c(C)cc(C)cc3C)nc(C)c2C(=O)Nc2ccccc2)cc1. The van der Waals surface area contributed by atoms with Gasteiger partial charge in [0.2, 0.25) is 5.91 Å². The molecule has 2 N–H and O–H groups in total. The van der Waals surface area contributed by atoms with Gasteiger partial charge in [0.05, 0.1) is 29.2 Å². The van der Waals surface area contributed by atoms with Crippen molar-refractivity contribution in [3.63, 3.8) is 0 Å². The number of nitriles is 1. The van der Waals surface area contributed by atoms with Gasteiger partial charge in [0, 0.05) is 16.9 Å². The molecule has 0 aliphatic rings. The fourth-order valence-corrected chi connectivity index (χ4v) is 5.57. The second-order valence-electron chi connectivity index (χ2n) is 9.63. The number of thioether (sulfide) groups is 1. The minimum atomic E-state index is -0.374. The summed E-state index contributed by atoms with van der Waals surface area (Å²) in [5.41, 5.74) is 6.64. The molecule has 0 radical (unpaired) electrons. The lowest BCUT2D eigenvalue weighted by molar-refractivity contribution is -0.113. The standard InChI is InChI=1S/C33H32N4O3S/c1-6-40-26-14-12-24(13-15-26)30-27(18-34)33(35-23(5)29(30)32(39)36-25-10-8-7-9-11-25)41-19-28(38)37-31-21(3)16-20(2)17-22(31)4/h7-17H,6,19H2,1-5H3,(H,36,39)(H,37,38). The molecular weight excluding hydrogens is 532 g/mol. The van der Waals surface area contributed by atoms with Gasteiger partial charge in [0.25, 0.3) is 5.91 Å². The van der Waals surface area contributed by atoms with E-state index in [1.54, 1.807) is 31.2 Å². The number of para-hydroxylation sites is 1. The van der Waals surface area contributed by atoms with Crippen LogP contribution >= 0.6 is 11.8 Å². The highest BCUT2D eigenvalue weighted by atomic mass is 32.2. The van der Waals surface area contributed by atoms with Gasteiger partial charge in [-0.3, -0.25) is 9.59 Å². The summed E-state index contributed by atoms with van der Waals surface area (Å²) >= 11 is 1.17. The van der Waals surface area contributed by atoms with E-state index in [0.29, 0.717) is 45.5 Å². The van der Waals surface area contributed by atoms with Crippen molar-refractivity contribution in [1.82, 2.24) is 4.98 Å². The Kier molecular flexibility index (Phi) is 9.43. The minimum absolute atomic E-state index is 0.0478. The predicted octanol–water partition coefficient (Wildman–Crippen LogP) is 7.24. The molecule has 0 spiro atoms. The van der Waals surface area contributed by atoms with E-state index < -0.39 is 0 Å². The zero-order valence-electron chi connectivity index (χ0n) is 23.8. The Morgan fingerprint density at radius 3 is 2.22 bits per heavy atom. The van der Waals surface area contributed by atoms with Crippen molar-refractivity contribution < 1.29 is 14.3 Å². The van der Waals surface area contributed by atoms with Crippen LogP contribution in [0.4, 0.5) is 11.4 Å². The molecule has 0 fully saturated rings. The van der Waals surface area contributed by atoms with E-state index in [1.165, 1.54) is 11.8 Å². The van der Waals surface area contributed by atoms with Crippen molar-refractivity contribution in [3.8, 4) is 22.9 Å². The summed E-state index contributed by atoms with van der Waals surface area (Å²) in [7, 11) is 0. The molecule has 7 nitrogen and oxygen atoms in total. The van der Waals surface area contributed by atoms with Crippen LogP contribution in [0.15, 0.2) is 71.8 Å². The fraction of sp³-hybridized carbons (Fsp3) is 0.212. The zero-order chi connectivity index (χ0) is 29.5. The fourth-order valence-electron chi connectivity index (χ4n) is 4.74. The highest BCUT2D eigenvalue weighted by Gasteiger charge is 2.25. The lowest BCUT2D eigenvalue weighted by atomic mass is 9.94. The summed E-state index contributed by atoms with van der Waals surface area (Å²) in [5.74, 6) is 0.151. The third-order valence-electron chi connectivity index (χ3n) is 6.45. The van der Waals surface area contributed by atoms with Crippen LogP contribution < -0.4 is 15.4 Å². The lowest BCUT2D eigenvalue weighted by Crippen LogP contribution is -2.18. The largest absolute Gasteiger partial charge is 0.494 e. The molecular formula is C33H32N4O3S. The molecule has 208 valence electrons. The summed E-state index contributed by atoms with van der Waals surface area (Å²) in [6.07, 6.45) is 0. The lowest BCUT2D eigenvalue weighted by Gasteiger charge is -2.18. The molecule has 2 amide bonds. The Morgan fingerprint density at radius 2 is 1.61 bits per heavy atom. The van der Waals surface area contributed by atoms with Crippen molar-refractivity contribution in [2.75, 3.05) is 23.0 Å². The second kappa shape index (κ2) is 13.2. The molecule has 0 aliphatic heterocycles. The minimum Gasteiger partial charge on any atom is -0.494 e. The number of hydrogen-bond acceptors (Lipinski definition) is 6. The van der Waals surface area contributed by atoms with Crippen LogP contribution in [0, 0.1) is 39.0 Å². The number of pyridine rings is 1. The van der Waals surface area contributed by atoms with Gasteiger partial charge in [-0.2, -0.15) is 5.26 Å². The van der Waals surface area contributed by atoms with Crippen LogP contribution in [0.5, 0.6) is 5.75 Å². The van der Waals surface area contributed by atoms with Gasteiger partial charge in [-0.1, -0.05) is 59.8 Å². The molecule has 4 rings (SSSR count). The first-order chi connectivity index (χ1) is 19.7. The Hall–Kier alpha value is -4.61. The highest BCUT2D eigenvalue weighted by Crippen LogP contribution is 2.36. The predicted molar refractivity (Wildman–Crippen MR) is 165 cm³/mol. The van der Waals surface area contributed by atoms with Gasteiger partial charge in [-0.15, -0.1) is 0 Å². The first-order valence-corrected chi connectivity index (χ1v) is 14.2. The summed E-state index contributed by atoms with van der Waals surface area (Å²) < 4.78 is 5.59. The maximum Gasteiger partial charge on any atom is 0.258 e. The summed E-state index contributed by atoms with van der Waals surface area (Å²) in [4.78, 5) is 31.2. The van der Waals surface area contributed by atoms with E-state index in [2.05, 4.69) is 21.7 Å². The first-order valence-electron chi connectivity index (χ1n) is 13.3. The number of nitrogens with one attached hydrogen (secondary N) is 2. The van der Waals surface area contributed by atoms with Crippen LogP contribution in [0.2, 0.25) is 0 Å². The monoisotopic (exact) mass is 564 g/mol. The zero-order valence-corrected chi connectivity index (χ0v) is 24.6. The van der Waals surface area contributed by atoms with Gasteiger partial charge in [0.15, 0.2) is 0 Å². The number of aromatic nitrogens is 1. The van der Waals surface area contributed by atoms with E-state index in [4.69, 9.17) is 4.74 Å². The average Bonchev–Trinajstić information content (AvgIpc) is 2.94. The number of hydrogen-bond donors (Lipinski definition) is 2. The van der Waals surface area contributed by atoms with Crippen LogP contribution in [0.3, 0.4) is 0 Å². The van der Waals surface area contributed by atoms with Crippen LogP contribution in [-0.4, -0.2) is 29.2 Å². The molecule has 1 aromatic heterocycles. The van der Waals surface area contributed by atoms with Crippen molar-refractivity contribution in [2.45, 2.75) is 39.6 Å². The maximum atomic E-state index is 13.6. The number of anilines is 2. The second-order valence-corrected chi connectivity index (χ2v) is 10.6. The van der Waals surface area contributed by atoms with E-state index in [1.807, 2.05) is 70.2 Å². The van der Waals surface area contributed by atoms with Crippen molar-refractivity contribution in [1.29, 1.82) is 5.26 Å². The van der Waals surface area contributed by atoms with Crippen LogP contribution in [0.25, 0.3) is 11.1 Å². The number of benzene rings is 3. The third-order valence-corrected chi connectivity index (χ3v) is 7.43. The average molecular weight is 565 g/mol. The maximum absolute atomic E-state index is 13.6. The van der Waals surface area contributed by atoms with Crippen molar-refractivity contribution in [3.05, 3.63) is 100 Å². The van der Waals surface area contributed by atoms with E-state index in [-0.39, 0.29) is 23.1 Å². The Bertz CT molecular complexity index is 1600. The topological polar surface area (TPSA) is 104 Å². The molecule has 0 unspecified atom stereocenters. The smallest absolute Gasteiger partial charge is 0.258 e. The number of ether oxygens (including phenoxy) is 1. The number of carbonyl (C=O) groups excluding carboxylic acids is 2. The number of aryl methyl sites for hydroxylation is 4. The van der Waals surface area contributed by atoms with Gasteiger partial charge < -0.3 is 15.4 Å². The molecule has 3 aromatic carbocycles. The molecule has 0 saturated heterocycles. The number of nitrogens with zero attached hydrogens (tertiary/aromatic N) is 2. The Morgan fingerprint density at radius 1 is 0.951 bits per heavy atom. The number of amides is 2. The molecule has 8 heteroatoms. The summed E-state index contributed by atoms with van der Waals surface area (Å²) in [6, 6.07) is 22.7. The molecule has 4 aromatic rings. The Labute approximate surface area is 245 Å². The number of carbonyl (C=O) groups is 2. The molecule has 0 saturated carbocycles. The van der Waals surface area contributed by atoms with Crippen molar-refractivity contribution in [2.24, 2.45) is 0 Å². The normalized spacial score (nSPS) is 10.5. The Balaban J connectivity index is 1.71. The van der Waals surface area contributed by atoms with Gasteiger partial charge in [0.1, 0.15) is 16.8 Å². The van der Waals surface area contributed by atoms with Crippen molar-refractivity contribution >= 4 is 35.0 Å². The van der Waals surface area contributed by atoms with Crippen LogP contribution in [-0.2, 0) is 4.79 Å². The quantitative estimate of drug-likeness (QED) is 0.208. The first kappa shape index (κ1) is 29.4. The molecule has 1 heterocycles. The van der Waals surface area contributed by atoms with E-state index in [0.717, 1.165) is 22.4 Å². The highest BCUT2D eigenvalue weighted by molar-refractivity contribution is 8.00. The molecule has 0 aliphatic carbocycles. The summed E-state index contributed by atoms with van der Waals surface area (Å²) in [5, 5.41) is 16.6. The van der Waals surface area contributed by atoms with Crippen LogP contribution in [0.1, 0.15) is 45.2 Å².